The van der Waals surface area contributed by atoms with Gasteiger partial charge in [0.15, 0.2) is 10.8 Å². The number of aromatic nitrogens is 2. The van der Waals surface area contributed by atoms with Crippen LogP contribution in [0.15, 0.2) is 60.0 Å². The van der Waals surface area contributed by atoms with Gasteiger partial charge in [0.2, 0.25) is 0 Å². The SMILES string of the molecule is O=C(O)c1csc(NC(=O)c2cccc3ccc(-c4cccc(C(F)(F)F)c4)nc23)n1. The maximum Gasteiger partial charge on any atom is 0.416 e. The molecule has 0 unspecified atom stereocenters. The second-order valence-electron chi connectivity index (χ2n) is 6.45. The molecule has 2 aromatic carbocycles. The van der Waals surface area contributed by atoms with Crippen LogP contribution in [-0.2, 0) is 6.18 Å². The summed E-state index contributed by atoms with van der Waals surface area (Å²) in [5, 5.41) is 13.5. The van der Waals surface area contributed by atoms with Gasteiger partial charge in [0.05, 0.1) is 22.3 Å². The van der Waals surface area contributed by atoms with Crippen molar-refractivity contribution < 1.29 is 27.9 Å². The molecule has 0 saturated carbocycles. The first-order valence-electron chi connectivity index (χ1n) is 8.80. The van der Waals surface area contributed by atoms with E-state index < -0.39 is 23.6 Å². The van der Waals surface area contributed by atoms with Crippen molar-refractivity contribution in [1.29, 1.82) is 0 Å². The monoisotopic (exact) mass is 443 g/mol. The van der Waals surface area contributed by atoms with Gasteiger partial charge in [0.25, 0.3) is 5.91 Å². The van der Waals surface area contributed by atoms with E-state index in [9.17, 15) is 22.8 Å². The molecule has 1 amide bonds. The minimum absolute atomic E-state index is 0.105. The zero-order valence-electron chi connectivity index (χ0n) is 15.5. The van der Waals surface area contributed by atoms with Gasteiger partial charge in [-0.2, -0.15) is 13.2 Å². The Morgan fingerprint density at radius 1 is 1.00 bits per heavy atom. The molecule has 0 spiro atoms. The summed E-state index contributed by atoms with van der Waals surface area (Å²) in [4.78, 5) is 32.0. The highest BCUT2D eigenvalue weighted by atomic mass is 32.1. The van der Waals surface area contributed by atoms with Crippen LogP contribution in [0.4, 0.5) is 18.3 Å². The van der Waals surface area contributed by atoms with Crippen molar-refractivity contribution in [1.82, 2.24) is 9.97 Å². The number of halogens is 3. The molecule has 4 rings (SSSR count). The summed E-state index contributed by atoms with van der Waals surface area (Å²) in [6, 6.07) is 12.9. The number of hydrogen-bond acceptors (Lipinski definition) is 5. The highest BCUT2D eigenvalue weighted by Gasteiger charge is 2.30. The third-order valence-electron chi connectivity index (χ3n) is 4.39. The van der Waals surface area contributed by atoms with E-state index >= 15 is 0 Å². The quantitative estimate of drug-likeness (QED) is 0.445. The number of benzene rings is 2. The number of pyridine rings is 1. The van der Waals surface area contributed by atoms with Crippen LogP contribution < -0.4 is 5.32 Å². The van der Waals surface area contributed by atoms with Gasteiger partial charge in [-0.25, -0.2) is 14.8 Å². The molecule has 2 heterocycles. The molecule has 0 atom stereocenters. The zero-order valence-corrected chi connectivity index (χ0v) is 16.3. The number of carboxylic acids is 1. The molecular weight excluding hydrogens is 431 g/mol. The van der Waals surface area contributed by atoms with Crippen LogP contribution >= 0.6 is 11.3 Å². The van der Waals surface area contributed by atoms with Crippen molar-refractivity contribution >= 4 is 39.2 Å². The summed E-state index contributed by atoms with van der Waals surface area (Å²) in [7, 11) is 0. The molecule has 0 aliphatic rings. The van der Waals surface area contributed by atoms with E-state index in [-0.39, 0.29) is 27.6 Å². The molecule has 0 aliphatic heterocycles. The number of para-hydroxylation sites is 1. The predicted molar refractivity (Wildman–Crippen MR) is 109 cm³/mol. The van der Waals surface area contributed by atoms with Gasteiger partial charge in [-0.3, -0.25) is 10.1 Å². The van der Waals surface area contributed by atoms with E-state index in [0.29, 0.717) is 10.9 Å². The molecule has 0 bridgehead atoms. The van der Waals surface area contributed by atoms with Crippen molar-refractivity contribution in [2.45, 2.75) is 6.18 Å². The van der Waals surface area contributed by atoms with Gasteiger partial charge in [0.1, 0.15) is 0 Å². The number of alkyl halides is 3. The maximum absolute atomic E-state index is 13.1. The van der Waals surface area contributed by atoms with Crippen LogP contribution in [0.5, 0.6) is 0 Å². The number of amides is 1. The number of aromatic carboxylic acids is 1. The van der Waals surface area contributed by atoms with Crippen molar-refractivity contribution in [2.24, 2.45) is 0 Å². The zero-order chi connectivity index (χ0) is 22.2. The van der Waals surface area contributed by atoms with Crippen LogP contribution in [0.1, 0.15) is 26.4 Å². The van der Waals surface area contributed by atoms with Crippen LogP contribution in [0.3, 0.4) is 0 Å². The summed E-state index contributed by atoms with van der Waals surface area (Å²) in [5.74, 6) is -1.78. The van der Waals surface area contributed by atoms with Crippen LogP contribution in [-0.4, -0.2) is 27.0 Å². The molecule has 10 heteroatoms. The van der Waals surface area contributed by atoms with Gasteiger partial charge in [0, 0.05) is 16.3 Å². The molecule has 0 fully saturated rings. The Bertz CT molecular complexity index is 1320. The van der Waals surface area contributed by atoms with Crippen molar-refractivity contribution in [2.75, 3.05) is 5.32 Å². The second-order valence-corrected chi connectivity index (χ2v) is 7.31. The van der Waals surface area contributed by atoms with Crippen LogP contribution in [0.2, 0.25) is 0 Å². The molecular formula is C21H12F3N3O3S. The number of carbonyl (C=O) groups is 2. The Kier molecular flexibility index (Phi) is 5.15. The first-order chi connectivity index (χ1) is 14.7. The number of nitrogens with one attached hydrogen (secondary N) is 1. The number of rotatable bonds is 4. The number of nitrogens with zero attached hydrogens (tertiary/aromatic N) is 2. The van der Waals surface area contributed by atoms with E-state index in [2.05, 4.69) is 15.3 Å². The lowest BCUT2D eigenvalue weighted by atomic mass is 10.0. The summed E-state index contributed by atoms with van der Waals surface area (Å²) in [6.07, 6.45) is -4.49. The molecule has 2 aromatic heterocycles. The standard InChI is InChI=1S/C21H12F3N3O3S/c22-21(23,24)13-5-1-4-12(9-13)15-8-7-11-3-2-6-14(17(11)25-15)18(28)27-20-26-16(10-31-20)19(29)30/h1-10H,(H,29,30)(H,26,27,28). The largest absolute Gasteiger partial charge is 0.476 e. The smallest absolute Gasteiger partial charge is 0.416 e. The maximum atomic E-state index is 13.1. The summed E-state index contributed by atoms with van der Waals surface area (Å²) >= 11 is 0.959. The Hall–Kier alpha value is -3.79. The molecule has 6 nitrogen and oxygen atoms in total. The van der Waals surface area contributed by atoms with E-state index in [1.54, 1.807) is 24.3 Å². The highest BCUT2D eigenvalue weighted by Crippen LogP contribution is 2.32. The summed E-state index contributed by atoms with van der Waals surface area (Å²) in [5.41, 5.74) is 0.0293. The lowest BCUT2D eigenvalue weighted by Crippen LogP contribution is -2.13. The minimum Gasteiger partial charge on any atom is -0.476 e. The predicted octanol–water partition coefficient (Wildman–Crippen LogP) is 5.33. The fourth-order valence-corrected chi connectivity index (χ4v) is 3.62. The molecule has 4 aromatic rings. The Labute approximate surface area is 177 Å². The first-order valence-corrected chi connectivity index (χ1v) is 9.68. The fourth-order valence-electron chi connectivity index (χ4n) is 2.94. The normalized spacial score (nSPS) is 11.5. The average Bonchev–Trinajstić information content (AvgIpc) is 3.21. The molecule has 0 aliphatic carbocycles. The Morgan fingerprint density at radius 2 is 1.77 bits per heavy atom. The number of hydrogen-bond donors (Lipinski definition) is 2. The lowest BCUT2D eigenvalue weighted by molar-refractivity contribution is -0.137. The number of carboxylic acid groups (broad SMARTS) is 1. The van der Waals surface area contributed by atoms with Gasteiger partial charge >= 0.3 is 12.1 Å². The summed E-state index contributed by atoms with van der Waals surface area (Å²) in [6.45, 7) is 0. The molecule has 2 N–H and O–H groups in total. The van der Waals surface area contributed by atoms with Gasteiger partial charge < -0.3 is 5.11 Å². The Balaban J connectivity index is 1.72. The number of fused-ring (bicyclic) bond motifs is 1. The fraction of sp³-hybridized carbons (Fsp3) is 0.0476. The number of anilines is 1. The van der Waals surface area contributed by atoms with Crippen molar-refractivity contribution in [3.63, 3.8) is 0 Å². The second kappa shape index (κ2) is 7.80. The van der Waals surface area contributed by atoms with E-state index in [1.165, 1.54) is 23.6 Å². The Morgan fingerprint density at radius 3 is 2.48 bits per heavy atom. The average molecular weight is 443 g/mol. The molecule has 0 radical (unpaired) electrons. The van der Waals surface area contributed by atoms with E-state index in [1.807, 2.05) is 0 Å². The third kappa shape index (κ3) is 4.24. The van der Waals surface area contributed by atoms with Gasteiger partial charge in [-0.1, -0.05) is 30.3 Å². The van der Waals surface area contributed by atoms with Crippen LogP contribution in [0, 0.1) is 0 Å². The summed E-state index contributed by atoms with van der Waals surface area (Å²) < 4.78 is 39.2. The van der Waals surface area contributed by atoms with Crippen molar-refractivity contribution in [3.05, 3.63) is 76.8 Å². The minimum atomic E-state index is -4.49. The molecule has 156 valence electrons. The third-order valence-corrected chi connectivity index (χ3v) is 5.15. The topological polar surface area (TPSA) is 92.2 Å². The van der Waals surface area contributed by atoms with E-state index in [4.69, 9.17) is 5.11 Å². The lowest BCUT2D eigenvalue weighted by Gasteiger charge is -2.10. The molecule has 31 heavy (non-hydrogen) atoms. The first kappa shape index (κ1) is 20.5. The number of thiazole rings is 1. The van der Waals surface area contributed by atoms with Gasteiger partial charge in [-0.05, 0) is 24.3 Å². The van der Waals surface area contributed by atoms with E-state index in [0.717, 1.165) is 23.5 Å². The molecule has 0 saturated heterocycles. The highest BCUT2D eigenvalue weighted by molar-refractivity contribution is 7.14. The van der Waals surface area contributed by atoms with Crippen molar-refractivity contribution in [3.8, 4) is 11.3 Å². The van der Waals surface area contributed by atoms with Crippen LogP contribution in [0.25, 0.3) is 22.2 Å². The number of carbonyl (C=O) groups excluding carboxylic acids is 1. The van der Waals surface area contributed by atoms with Gasteiger partial charge in [-0.15, -0.1) is 11.3 Å².